The van der Waals surface area contributed by atoms with Crippen LogP contribution in [0.1, 0.15) is 31.2 Å². The second kappa shape index (κ2) is 9.06. The van der Waals surface area contributed by atoms with Gasteiger partial charge in [0.1, 0.15) is 6.04 Å². The molecule has 4 rings (SSSR count). The molecule has 1 atom stereocenters. The summed E-state index contributed by atoms with van der Waals surface area (Å²) in [4.78, 5) is 31.7. The highest BCUT2D eigenvalue weighted by Gasteiger charge is 2.41. The van der Waals surface area contributed by atoms with E-state index in [9.17, 15) is 22.8 Å². The monoisotopic (exact) mass is 439 g/mol. The summed E-state index contributed by atoms with van der Waals surface area (Å²) in [6.07, 6.45) is -0.801. The van der Waals surface area contributed by atoms with Crippen LogP contribution in [0.15, 0.2) is 24.3 Å². The molecular formula is C22H30F3N4O2+. The van der Waals surface area contributed by atoms with E-state index in [4.69, 9.17) is 0 Å². The fourth-order valence-corrected chi connectivity index (χ4v) is 4.94. The van der Waals surface area contributed by atoms with Gasteiger partial charge in [0.05, 0.1) is 44.8 Å². The number of alkyl halides is 3. The van der Waals surface area contributed by atoms with Crippen LogP contribution in [0.25, 0.3) is 0 Å². The Bertz CT molecular complexity index is 808. The van der Waals surface area contributed by atoms with Gasteiger partial charge in [0.25, 0.3) is 0 Å². The van der Waals surface area contributed by atoms with E-state index in [2.05, 4.69) is 0 Å². The van der Waals surface area contributed by atoms with Crippen molar-refractivity contribution in [2.75, 3.05) is 57.3 Å². The molecule has 6 nitrogen and oxygen atoms in total. The Morgan fingerprint density at radius 3 is 2.58 bits per heavy atom. The van der Waals surface area contributed by atoms with Gasteiger partial charge in [-0.15, -0.1) is 0 Å². The number of hydrogen-bond acceptors (Lipinski definition) is 3. The first-order valence-corrected chi connectivity index (χ1v) is 11.2. The van der Waals surface area contributed by atoms with Crippen molar-refractivity contribution in [3.05, 3.63) is 29.8 Å². The molecule has 3 saturated heterocycles. The average molecular weight is 440 g/mol. The van der Waals surface area contributed by atoms with Crippen molar-refractivity contribution in [3.8, 4) is 0 Å². The first kappa shape index (κ1) is 21.9. The average Bonchev–Trinajstić information content (AvgIpc) is 3.25. The minimum absolute atomic E-state index is 0.0680. The Balaban J connectivity index is 1.18. The van der Waals surface area contributed by atoms with Gasteiger partial charge < -0.3 is 19.6 Å². The van der Waals surface area contributed by atoms with Gasteiger partial charge in [-0.3, -0.25) is 9.59 Å². The number of nitrogens with one attached hydrogen (secondary N) is 1. The minimum atomic E-state index is -4.32. The van der Waals surface area contributed by atoms with E-state index < -0.39 is 11.7 Å². The zero-order chi connectivity index (χ0) is 22.0. The zero-order valence-corrected chi connectivity index (χ0v) is 17.7. The summed E-state index contributed by atoms with van der Waals surface area (Å²) in [5.74, 6) is 0.164. The van der Waals surface area contributed by atoms with Crippen molar-refractivity contribution in [2.45, 2.75) is 37.9 Å². The second-order valence-electron chi connectivity index (χ2n) is 8.75. The van der Waals surface area contributed by atoms with Crippen LogP contribution in [-0.2, 0) is 15.8 Å². The van der Waals surface area contributed by atoms with Crippen LogP contribution in [-0.4, -0.2) is 80.0 Å². The molecule has 0 spiro atoms. The van der Waals surface area contributed by atoms with Gasteiger partial charge in [-0.05, 0) is 43.9 Å². The van der Waals surface area contributed by atoms with E-state index in [0.29, 0.717) is 18.8 Å². The molecule has 0 bridgehead atoms. The van der Waals surface area contributed by atoms with Gasteiger partial charge in [0.15, 0.2) is 0 Å². The van der Waals surface area contributed by atoms with Crippen LogP contribution in [0.5, 0.6) is 0 Å². The van der Waals surface area contributed by atoms with E-state index >= 15 is 0 Å². The fourth-order valence-electron chi connectivity index (χ4n) is 4.94. The molecule has 170 valence electrons. The van der Waals surface area contributed by atoms with Crippen LogP contribution in [0, 0.1) is 0 Å². The minimum Gasteiger partial charge on any atom is -0.360 e. The lowest BCUT2D eigenvalue weighted by molar-refractivity contribution is -0.900. The van der Waals surface area contributed by atoms with E-state index in [1.165, 1.54) is 17.0 Å². The van der Waals surface area contributed by atoms with Gasteiger partial charge in [0, 0.05) is 18.8 Å². The third-order valence-electron chi connectivity index (χ3n) is 6.71. The maximum absolute atomic E-state index is 12.9. The van der Waals surface area contributed by atoms with Crippen molar-refractivity contribution in [2.24, 2.45) is 0 Å². The lowest BCUT2D eigenvalue weighted by atomic mass is 10.1. The van der Waals surface area contributed by atoms with Crippen LogP contribution in [0.3, 0.4) is 0 Å². The second-order valence-corrected chi connectivity index (χ2v) is 8.75. The van der Waals surface area contributed by atoms with Gasteiger partial charge in [-0.2, -0.15) is 13.2 Å². The molecule has 3 aliphatic rings. The van der Waals surface area contributed by atoms with Gasteiger partial charge >= 0.3 is 6.18 Å². The van der Waals surface area contributed by atoms with Crippen LogP contribution < -0.4 is 9.80 Å². The molecular weight excluding hydrogens is 409 g/mol. The van der Waals surface area contributed by atoms with Crippen molar-refractivity contribution >= 4 is 17.5 Å². The number of benzene rings is 1. The molecule has 3 aliphatic heterocycles. The Hall–Kier alpha value is -2.29. The number of rotatable bonds is 6. The molecule has 0 saturated carbocycles. The summed E-state index contributed by atoms with van der Waals surface area (Å²) >= 11 is 0. The summed E-state index contributed by atoms with van der Waals surface area (Å²) in [6.45, 7) is 5.74. The predicted molar refractivity (Wildman–Crippen MR) is 110 cm³/mol. The van der Waals surface area contributed by atoms with Gasteiger partial charge in [0.2, 0.25) is 11.8 Å². The zero-order valence-electron chi connectivity index (χ0n) is 17.7. The molecule has 1 aromatic carbocycles. The number of nitrogens with zero attached hydrogens (tertiary/aromatic N) is 3. The molecule has 1 N–H and O–H groups in total. The molecule has 0 radical (unpaired) electrons. The van der Waals surface area contributed by atoms with Crippen molar-refractivity contribution in [1.82, 2.24) is 9.80 Å². The number of quaternary nitrogens is 1. The number of amides is 2. The Morgan fingerprint density at radius 1 is 1.06 bits per heavy atom. The largest absolute Gasteiger partial charge is 0.416 e. The number of carbonyl (C=O) groups is 2. The number of unbranched alkanes of at least 4 members (excludes halogenated alkanes) is 1. The number of halogens is 3. The molecule has 3 heterocycles. The number of carbonyl (C=O) groups excluding carboxylic acids is 2. The Labute approximate surface area is 180 Å². The van der Waals surface area contributed by atoms with Crippen molar-refractivity contribution in [3.63, 3.8) is 0 Å². The molecule has 0 unspecified atom stereocenters. The third-order valence-corrected chi connectivity index (χ3v) is 6.71. The number of anilines is 1. The number of fused-ring (bicyclic) bond motifs is 1. The smallest absolute Gasteiger partial charge is 0.360 e. The summed E-state index contributed by atoms with van der Waals surface area (Å²) in [6, 6.07) is 5.30. The summed E-state index contributed by atoms with van der Waals surface area (Å²) in [5.41, 5.74) is 0.0225. The van der Waals surface area contributed by atoms with E-state index in [1.54, 1.807) is 15.9 Å². The van der Waals surface area contributed by atoms with Crippen molar-refractivity contribution in [1.29, 1.82) is 0 Å². The lowest BCUT2D eigenvalue weighted by Gasteiger charge is -2.36. The highest BCUT2D eigenvalue weighted by atomic mass is 19.4. The molecule has 1 aromatic rings. The SMILES string of the molecule is O=C1[C@@H]2CCCN2C(=O)CN1CCCC[NH+]1CCN(c2cccc(C(F)(F)F)c2)CC1. The lowest BCUT2D eigenvalue weighted by Crippen LogP contribution is -3.14. The summed E-state index contributed by atoms with van der Waals surface area (Å²) in [7, 11) is 0. The Morgan fingerprint density at radius 2 is 1.84 bits per heavy atom. The molecule has 0 aromatic heterocycles. The number of hydrogen-bond donors (Lipinski definition) is 1. The van der Waals surface area contributed by atoms with Crippen LogP contribution in [0.2, 0.25) is 0 Å². The standard InChI is InChI=1S/C22H29F3N4O2/c23-22(24,25)17-5-3-6-18(15-17)27-13-11-26(12-14-27)8-1-2-9-28-16-20(30)29-10-4-7-19(29)21(28)31/h3,5-6,15,19H,1-2,4,7-14,16H2/p+1/t19-/m0/s1. The molecule has 3 fully saturated rings. The van der Waals surface area contributed by atoms with E-state index in [-0.39, 0.29) is 24.4 Å². The third kappa shape index (κ3) is 4.97. The predicted octanol–water partition coefficient (Wildman–Crippen LogP) is 1.02. The molecule has 2 amide bonds. The Kier molecular flexibility index (Phi) is 6.41. The maximum atomic E-state index is 12.9. The summed E-state index contributed by atoms with van der Waals surface area (Å²) in [5, 5.41) is 0. The topological polar surface area (TPSA) is 48.3 Å². The summed E-state index contributed by atoms with van der Waals surface area (Å²) < 4.78 is 38.8. The van der Waals surface area contributed by atoms with Crippen LogP contribution in [0.4, 0.5) is 18.9 Å². The first-order chi connectivity index (χ1) is 14.8. The van der Waals surface area contributed by atoms with Crippen LogP contribution >= 0.6 is 0 Å². The van der Waals surface area contributed by atoms with Gasteiger partial charge in [-0.1, -0.05) is 6.07 Å². The highest BCUT2D eigenvalue weighted by Crippen LogP contribution is 2.31. The first-order valence-electron chi connectivity index (χ1n) is 11.2. The van der Waals surface area contributed by atoms with Crippen molar-refractivity contribution < 1.29 is 27.7 Å². The molecule has 9 heteroatoms. The maximum Gasteiger partial charge on any atom is 0.416 e. The normalized spacial score (nSPS) is 22.9. The molecule has 31 heavy (non-hydrogen) atoms. The highest BCUT2D eigenvalue weighted by molar-refractivity contribution is 5.95. The molecule has 0 aliphatic carbocycles. The quantitative estimate of drug-likeness (QED) is 0.674. The van der Waals surface area contributed by atoms with E-state index in [1.807, 2.05) is 4.90 Å². The number of piperazine rings is 2. The van der Waals surface area contributed by atoms with Gasteiger partial charge in [-0.25, -0.2) is 0 Å². The fraction of sp³-hybridized carbons (Fsp3) is 0.636. The van der Waals surface area contributed by atoms with E-state index in [0.717, 1.165) is 64.5 Å².